The minimum Gasteiger partial charge on any atom is -0.309 e. The van der Waals surface area contributed by atoms with E-state index in [1.165, 1.54) is 60.0 Å². The molecule has 12 rings (SSSR count). The van der Waals surface area contributed by atoms with Crippen molar-refractivity contribution >= 4 is 54.1 Å². The van der Waals surface area contributed by atoms with E-state index in [1.807, 2.05) is 24.3 Å². The molecule has 0 saturated carbocycles. The summed E-state index contributed by atoms with van der Waals surface area (Å²) in [6.45, 7) is 0. The Morgan fingerprint density at radius 1 is 0.288 bits per heavy atom. The number of benzene rings is 10. The van der Waals surface area contributed by atoms with E-state index < -0.39 is 0 Å². The van der Waals surface area contributed by atoms with Gasteiger partial charge in [-0.1, -0.05) is 176 Å². The molecule has 0 unspecified atom stereocenters. The van der Waals surface area contributed by atoms with Crippen molar-refractivity contribution in [1.82, 2.24) is 19.5 Å². The maximum atomic E-state index is 5.34. The van der Waals surface area contributed by atoms with Gasteiger partial charge in [0, 0.05) is 38.5 Å². The Labute approximate surface area is 340 Å². The quantitative estimate of drug-likeness (QED) is 0.159. The van der Waals surface area contributed by atoms with Gasteiger partial charge in [0.05, 0.1) is 11.0 Å². The Kier molecular flexibility index (Phi) is 7.50. The van der Waals surface area contributed by atoms with Gasteiger partial charge in [-0.15, -0.1) is 0 Å². The van der Waals surface area contributed by atoms with E-state index in [4.69, 9.17) is 15.0 Å². The molecule has 2 heterocycles. The average Bonchev–Trinajstić information content (AvgIpc) is 3.67. The fraction of sp³-hybridized carbons (Fsp3) is 0. The second kappa shape index (κ2) is 13.3. The predicted octanol–water partition coefficient (Wildman–Crippen LogP) is 14.2. The molecule has 4 nitrogen and oxygen atoms in total. The summed E-state index contributed by atoms with van der Waals surface area (Å²) in [7, 11) is 0. The van der Waals surface area contributed by atoms with E-state index in [-0.39, 0.29) is 0 Å². The van der Waals surface area contributed by atoms with E-state index >= 15 is 0 Å². The van der Waals surface area contributed by atoms with Gasteiger partial charge >= 0.3 is 0 Å². The van der Waals surface area contributed by atoms with Crippen molar-refractivity contribution < 1.29 is 0 Å². The first-order chi connectivity index (χ1) is 29.3. The number of rotatable bonds is 6. The summed E-state index contributed by atoms with van der Waals surface area (Å²) in [4.78, 5) is 15.8. The molecular formula is C55H34N4. The van der Waals surface area contributed by atoms with Gasteiger partial charge in [-0.2, -0.15) is 0 Å². The number of hydrogen-bond acceptors (Lipinski definition) is 3. The molecule has 0 bridgehead atoms. The Balaban J connectivity index is 1.14. The molecule has 10 aromatic carbocycles. The van der Waals surface area contributed by atoms with Crippen LogP contribution in [-0.2, 0) is 0 Å². The zero-order chi connectivity index (χ0) is 38.9. The molecule has 59 heavy (non-hydrogen) atoms. The minimum atomic E-state index is 0.636. The van der Waals surface area contributed by atoms with Gasteiger partial charge in [-0.3, -0.25) is 0 Å². The maximum absolute atomic E-state index is 5.34. The van der Waals surface area contributed by atoms with Gasteiger partial charge in [0.15, 0.2) is 17.5 Å². The molecule has 0 radical (unpaired) electrons. The van der Waals surface area contributed by atoms with Crippen LogP contribution in [0.3, 0.4) is 0 Å². The summed E-state index contributed by atoms with van der Waals surface area (Å²) in [5.41, 5.74) is 11.1. The van der Waals surface area contributed by atoms with Crippen molar-refractivity contribution in [2.24, 2.45) is 0 Å². The van der Waals surface area contributed by atoms with Crippen LogP contribution in [-0.4, -0.2) is 19.5 Å². The van der Waals surface area contributed by atoms with Crippen LogP contribution in [0.2, 0.25) is 0 Å². The molecule has 0 aliphatic heterocycles. The topological polar surface area (TPSA) is 43.6 Å². The van der Waals surface area contributed by atoms with Crippen LogP contribution in [0.1, 0.15) is 0 Å². The SMILES string of the molecule is c1ccc(-c2ccc(-c3nc(-c4ccccc4)nc(-c4cc5ccccc5c5c6cccc7c6c6c(cccc6n7-c6ccc(-c7ccccc7)cc6)c45)n3)cc2)cc1. The lowest BCUT2D eigenvalue weighted by atomic mass is 9.88. The fourth-order valence-corrected chi connectivity index (χ4v) is 9.10. The lowest BCUT2D eigenvalue weighted by Crippen LogP contribution is -2.01. The number of hydrogen-bond donors (Lipinski definition) is 0. The molecule has 4 heteroatoms. The largest absolute Gasteiger partial charge is 0.309 e. The van der Waals surface area contributed by atoms with Crippen molar-refractivity contribution in [3.63, 3.8) is 0 Å². The van der Waals surface area contributed by atoms with E-state index in [0.717, 1.165) is 38.7 Å². The summed E-state index contributed by atoms with van der Waals surface area (Å²) in [5, 5.41) is 9.59. The molecule has 0 fully saturated rings. The van der Waals surface area contributed by atoms with Gasteiger partial charge in [0.1, 0.15) is 0 Å². The molecule has 0 aliphatic carbocycles. The third-order valence-corrected chi connectivity index (χ3v) is 11.8. The first-order valence-corrected chi connectivity index (χ1v) is 20.0. The van der Waals surface area contributed by atoms with E-state index in [1.54, 1.807) is 0 Å². The van der Waals surface area contributed by atoms with Crippen molar-refractivity contribution in [3.05, 3.63) is 206 Å². The molecule has 0 amide bonds. The molecule has 0 N–H and O–H groups in total. The highest BCUT2D eigenvalue weighted by atomic mass is 15.0. The van der Waals surface area contributed by atoms with E-state index in [0.29, 0.717) is 17.5 Å². The second-order valence-electron chi connectivity index (χ2n) is 15.2. The van der Waals surface area contributed by atoms with Gasteiger partial charge in [0.25, 0.3) is 0 Å². The summed E-state index contributed by atoms with van der Waals surface area (Å²) < 4.78 is 2.42. The minimum absolute atomic E-state index is 0.636. The summed E-state index contributed by atoms with van der Waals surface area (Å²) >= 11 is 0. The zero-order valence-electron chi connectivity index (χ0n) is 31.9. The van der Waals surface area contributed by atoms with Crippen molar-refractivity contribution in [2.45, 2.75) is 0 Å². The summed E-state index contributed by atoms with van der Waals surface area (Å²) in [6.07, 6.45) is 0. The van der Waals surface area contributed by atoms with Gasteiger partial charge in [0.2, 0.25) is 0 Å². The van der Waals surface area contributed by atoms with Gasteiger partial charge < -0.3 is 4.57 Å². The third kappa shape index (κ3) is 5.34. The van der Waals surface area contributed by atoms with Crippen LogP contribution in [0.5, 0.6) is 0 Å². The number of aromatic nitrogens is 4. The molecule has 0 spiro atoms. The van der Waals surface area contributed by atoms with Crippen LogP contribution < -0.4 is 0 Å². The molecular weight excluding hydrogens is 717 g/mol. The van der Waals surface area contributed by atoms with Crippen LogP contribution in [0.15, 0.2) is 206 Å². The van der Waals surface area contributed by atoms with Crippen LogP contribution in [0, 0.1) is 0 Å². The first-order valence-electron chi connectivity index (χ1n) is 20.0. The molecule has 2 aromatic heterocycles. The van der Waals surface area contributed by atoms with Crippen molar-refractivity contribution in [2.75, 3.05) is 0 Å². The zero-order valence-corrected chi connectivity index (χ0v) is 31.9. The smallest absolute Gasteiger partial charge is 0.164 e. The lowest BCUT2D eigenvalue weighted by Gasteiger charge is -2.16. The predicted molar refractivity (Wildman–Crippen MR) is 245 cm³/mol. The summed E-state index contributed by atoms with van der Waals surface area (Å²) in [5.74, 6) is 1.92. The second-order valence-corrected chi connectivity index (χ2v) is 15.2. The monoisotopic (exact) mass is 750 g/mol. The Hall–Kier alpha value is -7.95. The summed E-state index contributed by atoms with van der Waals surface area (Å²) in [6, 6.07) is 73.2. The number of fused-ring (bicyclic) bond motifs is 5. The van der Waals surface area contributed by atoms with Crippen molar-refractivity contribution in [1.29, 1.82) is 0 Å². The van der Waals surface area contributed by atoms with Gasteiger partial charge in [-0.25, -0.2) is 15.0 Å². The van der Waals surface area contributed by atoms with Crippen molar-refractivity contribution in [3.8, 4) is 62.1 Å². The Morgan fingerprint density at radius 2 is 0.712 bits per heavy atom. The van der Waals surface area contributed by atoms with Crippen LogP contribution in [0.25, 0.3) is 116 Å². The Morgan fingerprint density at radius 3 is 1.31 bits per heavy atom. The highest BCUT2D eigenvalue weighted by molar-refractivity contribution is 6.40. The third-order valence-electron chi connectivity index (χ3n) is 11.8. The normalized spacial score (nSPS) is 11.7. The lowest BCUT2D eigenvalue weighted by molar-refractivity contribution is 1.08. The highest BCUT2D eigenvalue weighted by Gasteiger charge is 2.24. The van der Waals surface area contributed by atoms with Gasteiger partial charge in [-0.05, 0) is 79.5 Å². The fourth-order valence-electron chi connectivity index (χ4n) is 9.10. The van der Waals surface area contributed by atoms with Crippen LogP contribution in [0.4, 0.5) is 0 Å². The standard InChI is InChI=1S/C55H34N4/c1-4-14-35(15-5-1)37-26-28-40(29-27-37)54-56-53(39-18-8-3-9-19-39)57-55(58-54)46-34-41-20-10-11-21-43(41)49-44-22-12-24-47-51(44)52-45(50(46)49)23-13-25-48(52)59(47)42-32-30-38(31-33-42)36-16-6-2-7-17-36/h1-34H. The molecule has 0 atom stereocenters. The molecule has 0 aliphatic rings. The molecule has 12 aromatic rings. The van der Waals surface area contributed by atoms with Crippen LogP contribution >= 0.6 is 0 Å². The van der Waals surface area contributed by atoms with E-state index in [2.05, 4.69) is 187 Å². The number of nitrogens with zero attached hydrogens (tertiary/aromatic N) is 4. The van der Waals surface area contributed by atoms with E-state index in [9.17, 15) is 0 Å². The molecule has 274 valence electrons. The maximum Gasteiger partial charge on any atom is 0.164 e. The Bertz CT molecular complexity index is 3500. The first kappa shape index (κ1) is 33.2. The molecule has 0 saturated heterocycles. The highest BCUT2D eigenvalue weighted by Crippen LogP contribution is 2.48. The average molecular weight is 751 g/mol.